The molecule has 1 aliphatic rings. The number of aliphatic hydroxyl groups excluding tert-OH is 1. The van der Waals surface area contributed by atoms with Gasteiger partial charge in [0.25, 0.3) is 6.47 Å². The van der Waals surface area contributed by atoms with Gasteiger partial charge in [0, 0.05) is 53.6 Å². The maximum Gasteiger partial charge on any atom is 0.306 e. The average Bonchev–Trinajstić information content (AvgIpc) is 3.15. The number of benzene rings is 3. The van der Waals surface area contributed by atoms with Gasteiger partial charge in [-0.25, -0.2) is 0 Å². The number of fused-ring (bicyclic) bond motifs is 1. The molecule has 3 aromatic carbocycles. The van der Waals surface area contributed by atoms with E-state index in [1.54, 1.807) is 12.4 Å². The Balaban J connectivity index is 0.00000188. The van der Waals surface area contributed by atoms with E-state index in [4.69, 9.17) is 40.4 Å². The minimum atomic E-state index is -0.270. The number of carbonyl (C=O) groups excluding carboxylic acids is 1. The number of hydrogen-bond acceptors (Lipinski definition) is 12. The number of rotatable bonds is 16. The first kappa shape index (κ1) is 39.3. The molecule has 0 spiro atoms. The smallest absolute Gasteiger partial charge is 0.306 e. The lowest BCUT2D eigenvalue weighted by Crippen LogP contribution is -2.28. The number of nitrogens with one attached hydrogen (secondary N) is 2. The first-order chi connectivity index (χ1) is 24.8. The minimum Gasteiger partial charge on any atom is -0.488 e. The van der Waals surface area contributed by atoms with Crippen LogP contribution in [0.3, 0.4) is 0 Å². The third-order valence-corrected chi connectivity index (χ3v) is 8.83. The monoisotopic (exact) mass is 739 g/mol. The van der Waals surface area contributed by atoms with E-state index in [9.17, 15) is 9.90 Å². The number of hydrogen-bond donors (Lipinski definition) is 4. The minimum absolute atomic E-state index is 0.000413. The van der Waals surface area contributed by atoms with Crippen LogP contribution in [0.15, 0.2) is 71.9 Å². The Morgan fingerprint density at radius 2 is 1.80 bits per heavy atom. The van der Waals surface area contributed by atoms with Gasteiger partial charge in [-0.05, 0) is 72.3 Å². The van der Waals surface area contributed by atoms with Crippen LogP contribution in [0.2, 0.25) is 5.02 Å². The molecule has 5 rings (SSSR count). The Labute approximate surface area is 306 Å². The van der Waals surface area contributed by atoms with Gasteiger partial charge in [-0.3, -0.25) is 19.3 Å². The number of nitrogens with zero attached hydrogens (tertiary/aromatic N) is 1. The van der Waals surface area contributed by atoms with E-state index in [-0.39, 0.29) is 38.1 Å². The molecule has 2 heterocycles. The number of ether oxygens (including phenoxy) is 5. The highest BCUT2D eigenvalue weighted by Gasteiger charge is 2.16. The Hall–Kier alpha value is -4.53. The van der Waals surface area contributed by atoms with Crippen molar-refractivity contribution in [1.29, 1.82) is 0 Å². The second-order valence-corrected chi connectivity index (χ2v) is 12.7. The number of aliphatic hydroxyl groups is 1. The van der Waals surface area contributed by atoms with Crippen LogP contribution < -0.4 is 29.0 Å². The molecule has 1 unspecified atom stereocenters. The fourth-order valence-corrected chi connectivity index (χ4v) is 5.91. The van der Waals surface area contributed by atoms with E-state index in [2.05, 4.69) is 32.7 Å². The number of halogens is 1. The SMILES string of the molecule is COC(=O)CCNSc1cncc(COc2cc(OCc3cccc(-c4ccc5c(c4)OCCO5)c3C)c(Cl)cc2CNC(C)CO)c1.O=CO. The normalized spacial score (nSPS) is 12.3. The Bertz CT molecular complexity index is 1760. The number of methoxy groups -OCH3 is 1. The largest absolute Gasteiger partial charge is 0.488 e. The van der Waals surface area contributed by atoms with Gasteiger partial charge >= 0.3 is 5.97 Å². The predicted octanol–water partition coefficient (Wildman–Crippen LogP) is 5.97. The Morgan fingerprint density at radius 1 is 1.04 bits per heavy atom. The average molecular weight is 740 g/mol. The number of pyridine rings is 1. The van der Waals surface area contributed by atoms with E-state index in [1.165, 1.54) is 19.1 Å². The van der Waals surface area contributed by atoms with Crippen molar-refractivity contribution in [2.24, 2.45) is 0 Å². The first-order valence-corrected chi connectivity index (χ1v) is 17.3. The van der Waals surface area contributed by atoms with Gasteiger partial charge in [0.05, 0.1) is 25.2 Å². The molecule has 0 bridgehead atoms. The van der Waals surface area contributed by atoms with Crippen LogP contribution in [0.5, 0.6) is 23.0 Å². The number of esters is 1. The summed E-state index contributed by atoms with van der Waals surface area (Å²) in [5.41, 5.74) is 5.91. The predicted molar refractivity (Wildman–Crippen MR) is 195 cm³/mol. The quantitative estimate of drug-likeness (QED) is 0.0462. The summed E-state index contributed by atoms with van der Waals surface area (Å²) in [6, 6.07) is 17.6. The molecule has 4 N–H and O–H groups in total. The Kier molecular flexibility index (Phi) is 15.7. The number of carbonyl (C=O) groups is 2. The summed E-state index contributed by atoms with van der Waals surface area (Å²) in [5, 5.41) is 20.2. The van der Waals surface area contributed by atoms with Gasteiger partial charge in [0.15, 0.2) is 11.5 Å². The third-order valence-electron chi connectivity index (χ3n) is 7.73. The van der Waals surface area contributed by atoms with Gasteiger partial charge in [0.1, 0.15) is 37.9 Å². The summed E-state index contributed by atoms with van der Waals surface area (Å²) in [6.45, 7) is 6.27. The zero-order valence-electron chi connectivity index (χ0n) is 28.6. The van der Waals surface area contributed by atoms with Gasteiger partial charge in [-0.1, -0.05) is 35.9 Å². The third kappa shape index (κ3) is 11.8. The molecule has 12 nitrogen and oxygen atoms in total. The Morgan fingerprint density at radius 3 is 2.57 bits per heavy atom. The highest BCUT2D eigenvalue weighted by Crippen LogP contribution is 2.37. The molecular formula is C37H42ClN3O9S. The van der Waals surface area contributed by atoms with Gasteiger partial charge in [0.2, 0.25) is 0 Å². The van der Waals surface area contributed by atoms with E-state index in [0.29, 0.717) is 49.4 Å². The van der Waals surface area contributed by atoms with Crippen LogP contribution in [0.25, 0.3) is 11.1 Å². The number of aromatic nitrogens is 1. The van der Waals surface area contributed by atoms with Crippen LogP contribution >= 0.6 is 23.5 Å². The summed E-state index contributed by atoms with van der Waals surface area (Å²) >= 11 is 8.13. The van der Waals surface area contributed by atoms with Gasteiger partial charge in [-0.2, -0.15) is 0 Å². The van der Waals surface area contributed by atoms with Crippen molar-refractivity contribution in [3.05, 3.63) is 94.3 Å². The van der Waals surface area contributed by atoms with Crippen LogP contribution in [0.1, 0.15) is 35.6 Å². The van der Waals surface area contributed by atoms with Crippen LogP contribution in [-0.2, 0) is 34.1 Å². The molecule has 1 atom stereocenters. The molecule has 0 radical (unpaired) electrons. The topological polar surface area (TPSA) is 158 Å². The summed E-state index contributed by atoms with van der Waals surface area (Å²) in [5.74, 6) is 2.32. The second-order valence-electron chi connectivity index (χ2n) is 11.3. The standard InChI is InChI=1S/C36H40ClN3O7S.CH2O2/c1-23(20-41)39-18-28-14-31(37)34(16-33(28)46-21-25-13-29(19-38-17-25)48-40-10-9-36(42)43-3)47-22-27-5-4-6-30(24(27)2)26-7-8-32-35(15-26)45-12-11-44-32;2-1-3/h4-8,13-17,19,23,39-41H,9-12,18,20-22H2,1-3H3;1H,(H,2,3). The molecule has 1 aromatic heterocycles. The maximum atomic E-state index is 11.4. The lowest BCUT2D eigenvalue weighted by atomic mass is 9.96. The molecule has 0 saturated carbocycles. The van der Waals surface area contributed by atoms with E-state index >= 15 is 0 Å². The fraction of sp³-hybridized carbons (Fsp3) is 0.324. The van der Waals surface area contributed by atoms with Gasteiger partial charge in [-0.15, -0.1) is 0 Å². The molecule has 0 aliphatic carbocycles. The zero-order chi connectivity index (χ0) is 36.6. The summed E-state index contributed by atoms with van der Waals surface area (Å²) in [7, 11) is 1.37. The second kappa shape index (κ2) is 20.4. The van der Waals surface area contributed by atoms with Crippen molar-refractivity contribution >= 4 is 36.0 Å². The zero-order valence-corrected chi connectivity index (χ0v) is 30.2. The van der Waals surface area contributed by atoms with Crippen LogP contribution in [-0.4, -0.2) is 67.2 Å². The molecule has 1 aliphatic heterocycles. The van der Waals surface area contributed by atoms with Crippen molar-refractivity contribution in [3.8, 4) is 34.1 Å². The van der Waals surface area contributed by atoms with Crippen molar-refractivity contribution in [2.45, 2.75) is 51.0 Å². The van der Waals surface area contributed by atoms with Crippen LogP contribution in [0.4, 0.5) is 0 Å². The molecular weight excluding hydrogens is 698 g/mol. The molecule has 0 saturated heterocycles. The first-order valence-electron chi connectivity index (χ1n) is 16.1. The van der Waals surface area contributed by atoms with Crippen molar-refractivity contribution in [1.82, 2.24) is 15.0 Å². The molecule has 4 aromatic rings. The molecule has 272 valence electrons. The number of carboxylic acid groups (broad SMARTS) is 1. The lowest BCUT2D eigenvalue weighted by Gasteiger charge is -2.20. The molecule has 51 heavy (non-hydrogen) atoms. The van der Waals surface area contributed by atoms with Crippen molar-refractivity contribution < 1.29 is 43.5 Å². The van der Waals surface area contributed by atoms with Crippen LogP contribution in [0, 0.1) is 6.92 Å². The summed E-state index contributed by atoms with van der Waals surface area (Å²) in [6.07, 6.45) is 3.76. The summed E-state index contributed by atoms with van der Waals surface area (Å²) in [4.78, 5) is 24.9. The van der Waals surface area contributed by atoms with E-state index in [0.717, 1.165) is 49.8 Å². The highest BCUT2D eigenvalue weighted by molar-refractivity contribution is 7.97. The highest BCUT2D eigenvalue weighted by atomic mass is 35.5. The lowest BCUT2D eigenvalue weighted by molar-refractivity contribution is -0.140. The maximum absolute atomic E-state index is 11.4. The fourth-order valence-electron chi connectivity index (χ4n) is 4.98. The van der Waals surface area contributed by atoms with Gasteiger partial charge < -0.3 is 39.2 Å². The summed E-state index contributed by atoms with van der Waals surface area (Å²) < 4.78 is 31.9. The van der Waals surface area contributed by atoms with Crippen molar-refractivity contribution in [3.63, 3.8) is 0 Å². The molecule has 0 fully saturated rings. The van der Waals surface area contributed by atoms with E-state index in [1.807, 2.05) is 55.5 Å². The van der Waals surface area contributed by atoms with E-state index < -0.39 is 0 Å². The molecule has 14 heteroatoms. The molecule has 0 amide bonds. The van der Waals surface area contributed by atoms with Crippen molar-refractivity contribution in [2.75, 3.05) is 33.5 Å².